The summed E-state index contributed by atoms with van der Waals surface area (Å²) in [4.78, 5) is 14.9. The molecule has 2 aromatic heterocycles. The van der Waals surface area contributed by atoms with Crippen LogP contribution in [0.15, 0.2) is 30.7 Å². The second-order valence-corrected chi connectivity index (χ2v) is 4.62. The van der Waals surface area contributed by atoms with Crippen LogP contribution in [0.25, 0.3) is 11.3 Å². The molecule has 5 heteroatoms. The lowest BCUT2D eigenvalue weighted by Crippen LogP contribution is -1.99. The first-order valence-electron chi connectivity index (χ1n) is 6.55. The molecule has 0 saturated carbocycles. The van der Waals surface area contributed by atoms with Crippen molar-refractivity contribution in [1.82, 2.24) is 20.0 Å². The minimum Gasteiger partial charge on any atom is -0.300 e. The van der Waals surface area contributed by atoms with E-state index in [-0.39, 0.29) is 5.78 Å². The van der Waals surface area contributed by atoms with Gasteiger partial charge in [0.15, 0.2) is 0 Å². The van der Waals surface area contributed by atoms with Gasteiger partial charge in [-0.15, -0.1) is 5.10 Å². The Kier molecular flexibility index (Phi) is 4.78. The van der Waals surface area contributed by atoms with Gasteiger partial charge in [-0.05, 0) is 31.9 Å². The van der Waals surface area contributed by atoms with E-state index in [0.717, 1.165) is 37.1 Å². The highest BCUT2D eigenvalue weighted by Gasteiger charge is 2.03. The van der Waals surface area contributed by atoms with Crippen LogP contribution in [-0.2, 0) is 11.3 Å². The van der Waals surface area contributed by atoms with E-state index in [0.29, 0.717) is 6.42 Å². The Hall–Kier alpha value is -2.04. The van der Waals surface area contributed by atoms with Gasteiger partial charge >= 0.3 is 0 Å². The van der Waals surface area contributed by atoms with Crippen molar-refractivity contribution in [2.24, 2.45) is 0 Å². The Morgan fingerprint density at radius 3 is 2.95 bits per heavy atom. The quantitative estimate of drug-likeness (QED) is 0.716. The van der Waals surface area contributed by atoms with Gasteiger partial charge in [-0.2, -0.15) is 0 Å². The molecule has 0 aliphatic rings. The maximum Gasteiger partial charge on any atom is 0.129 e. The first kappa shape index (κ1) is 13.4. The topological polar surface area (TPSA) is 60.7 Å². The van der Waals surface area contributed by atoms with Crippen LogP contribution in [0.4, 0.5) is 0 Å². The van der Waals surface area contributed by atoms with E-state index in [4.69, 9.17) is 0 Å². The van der Waals surface area contributed by atoms with E-state index in [1.54, 1.807) is 19.3 Å². The molecule has 2 heterocycles. The first-order valence-corrected chi connectivity index (χ1v) is 6.55. The number of hydrogen-bond acceptors (Lipinski definition) is 4. The van der Waals surface area contributed by atoms with E-state index in [1.165, 1.54) is 0 Å². The molecule has 2 aromatic rings. The smallest absolute Gasteiger partial charge is 0.129 e. The molecule has 0 amide bonds. The molecule has 0 aromatic carbocycles. The Morgan fingerprint density at radius 1 is 1.32 bits per heavy atom. The van der Waals surface area contributed by atoms with Crippen molar-refractivity contribution in [2.45, 2.75) is 39.2 Å². The highest BCUT2D eigenvalue weighted by molar-refractivity contribution is 5.75. The molecule has 0 aliphatic carbocycles. The van der Waals surface area contributed by atoms with Crippen LogP contribution >= 0.6 is 0 Å². The summed E-state index contributed by atoms with van der Waals surface area (Å²) in [6.45, 7) is 2.47. The fraction of sp³-hybridized carbons (Fsp3) is 0.429. The summed E-state index contributed by atoms with van der Waals surface area (Å²) in [5.74, 6) is 0.264. The molecule has 0 radical (unpaired) electrons. The van der Waals surface area contributed by atoms with Gasteiger partial charge < -0.3 is 4.79 Å². The summed E-state index contributed by atoms with van der Waals surface area (Å²) in [6, 6.07) is 3.85. The van der Waals surface area contributed by atoms with Gasteiger partial charge in [-0.3, -0.25) is 9.67 Å². The number of aromatic nitrogens is 4. The van der Waals surface area contributed by atoms with Gasteiger partial charge in [-0.25, -0.2) is 0 Å². The molecule has 2 rings (SSSR count). The van der Waals surface area contributed by atoms with E-state index < -0.39 is 0 Å². The number of ketones is 1. The number of unbranched alkanes of at least 4 members (excludes halogenated alkanes) is 2. The molecule has 0 spiro atoms. The molecule has 0 aliphatic heterocycles. The van der Waals surface area contributed by atoms with Gasteiger partial charge in [0.2, 0.25) is 0 Å². The summed E-state index contributed by atoms with van der Waals surface area (Å²) >= 11 is 0. The van der Waals surface area contributed by atoms with Crippen molar-refractivity contribution in [1.29, 1.82) is 0 Å². The van der Waals surface area contributed by atoms with E-state index in [9.17, 15) is 4.79 Å². The fourth-order valence-corrected chi connectivity index (χ4v) is 1.88. The molecule has 19 heavy (non-hydrogen) atoms. The van der Waals surface area contributed by atoms with Crippen LogP contribution < -0.4 is 0 Å². The molecular weight excluding hydrogens is 240 g/mol. The lowest BCUT2D eigenvalue weighted by atomic mass is 10.1. The molecule has 0 saturated heterocycles. The number of carbonyl (C=O) groups excluding carboxylic acids is 1. The zero-order chi connectivity index (χ0) is 13.5. The minimum atomic E-state index is 0.264. The Balaban J connectivity index is 1.80. The number of Topliss-reactive ketones (excluding diaryl/α,β-unsaturated/α-hetero) is 1. The van der Waals surface area contributed by atoms with Crippen molar-refractivity contribution in [2.75, 3.05) is 0 Å². The minimum absolute atomic E-state index is 0.264. The highest BCUT2D eigenvalue weighted by atomic mass is 16.1. The van der Waals surface area contributed by atoms with Gasteiger partial charge in [0, 0.05) is 30.9 Å². The predicted octanol–water partition coefficient (Wildman–Crippen LogP) is 2.49. The molecule has 5 nitrogen and oxygen atoms in total. The maximum atomic E-state index is 10.8. The van der Waals surface area contributed by atoms with E-state index >= 15 is 0 Å². The van der Waals surface area contributed by atoms with Gasteiger partial charge in [0.25, 0.3) is 0 Å². The summed E-state index contributed by atoms with van der Waals surface area (Å²) in [7, 11) is 0. The molecule has 0 unspecified atom stereocenters. The number of nitrogens with zero attached hydrogens (tertiary/aromatic N) is 4. The number of carbonyl (C=O) groups is 1. The second-order valence-electron chi connectivity index (χ2n) is 4.62. The van der Waals surface area contributed by atoms with Crippen molar-refractivity contribution in [3.05, 3.63) is 30.7 Å². The monoisotopic (exact) mass is 258 g/mol. The van der Waals surface area contributed by atoms with Crippen LogP contribution in [0.3, 0.4) is 0 Å². The summed E-state index contributed by atoms with van der Waals surface area (Å²) in [5, 5.41) is 8.23. The van der Waals surface area contributed by atoms with Crippen molar-refractivity contribution in [3.8, 4) is 11.3 Å². The SMILES string of the molecule is CC(=O)CCCCCn1cc(-c2cccnc2)nn1. The van der Waals surface area contributed by atoms with Crippen molar-refractivity contribution >= 4 is 5.78 Å². The van der Waals surface area contributed by atoms with E-state index in [2.05, 4.69) is 15.3 Å². The molecular formula is C14H18N4O. The Morgan fingerprint density at radius 2 is 2.21 bits per heavy atom. The van der Waals surface area contributed by atoms with Gasteiger partial charge in [-0.1, -0.05) is 11.6 Å². The number of hydrogen-bond donors (Lipinski definition) is 0. The molecule has 0 fully saturated rings. The fourth-order valence-electron chi connectivity index (χ4n) is 1.88. The molecule has 0 atom stereocenters. The summed E-state index contributed by atoms with van der Waals surface area (Å²) < 4.78 is 1.84. The zero-order valence-corrected chi connectivity index (χ0v) is 11.1. The third kappa shape index (κ3) is 4.28. The first-order chi connectivity index (χ1) is 9.25. The highest BCUT2D eigenvalue weighted by Crippen LogP contribution is 2.14. The van der Waals surface area contributed by atoms with Crippen molar-refractivity contribution in [3.63, 3.8) is 0 Å². The lowest BCUT2D eigenvalue weighted by molar-refractivity contribution is -0.117. The summed E-state index contributed by atoms with van der Waals surface area (Å²) in [5.41, 5.74) is 1.82. The number of aryl methyl sites for hydroxylation is 1. The van der Waals surface area contributed by atoms with E-state index in [1.807, 2.05) is 23.0 Å². The van der Waals surface area contributed by atoms with Gasteiger partial charge in [0.05, 0.1) is 6.20 Å². The normalized spacial score (nSPS) is 10.6. The number of pyridine rings is 1. The summed E-state index contributed by atoms with van der Waals surface area (Å²) in [6.07, 6.45) is 9.15. The number of rotatable bonds is 7. The third-order valence-corrected chi connectivity index (χ3v) is 2.91. The van der Waals surface area contributed by atoms with Crippen LogP contribution in [0.1, 0.15) is 32.6 Å². The molecule has 100 valence electrons. The van der Waals surface area contributed by atoms with Crippen LogP contribution in [-0.4, -0.2) is 25.8 Å². The Labute approximate surface area is 112 Å². The average Bonchev–Trinajstić information content (AvgIpc) is 2.88. The average molecular weight is 258 g/mol. The van der Waals surface area contributed by atoms with Gasteiger partial charge in [0.1, 0.15) is 11.5 Å². The zero-order valence-electron chi connectivity index (χ0n) is 11.1. The lowest BCUT2D eigenvalue weighted by Gasteiger charge is -1.99. The largest absolute Gasteiger partial charge is 0.300 e. The molecule has 0 bridgehead atoms. The maximum absolute atomic E-state index is 10.8. The van der Waals surface area contributed by atoms with Crippen molar-refractivity contribution < 1.29 is 4.79 Å². The standard InChI is InChI=1S/C14H18N4O/c1-12(19)6-3-2-4-9-18-11-14(16-17-18)13-7-5-8-15-10-13/h5,7-8,10-11H,2-4,6,9H2,1H3. The Bertz CT molecular complexity index is 521. The third-order valence-electron chi connectivity index (χ3n) is 2.91. The van der Waals surface area contributed by atoms with Crippen LogP contribution in [0.5, 0.6) is 0 Å². The predicted molar refractivity (Wildman–Crippen MR) is 72.4 cm³/mol. The van der Waals surface area contributed by atoms with Crippen LogP contribution in [0, 0.1) is 0 Å². The second kappa shape index (κ2) is 6.78. The molecule has 0 N–H and O–H groups in total. The van der Waals surface area contributed by atoms with Crippen LogP contribution in [0.2, 0.25) is 0 Å².